The van der Waals surface area contributed by atoms with Crippen LogP contribution in [0.3, 0.4) is 0 Å². The zero-order valence-electron chi connectivity index (χ0n) is 10.5. The van der Waals surface area contributed by atoms with Gasteiger partial charge in [0.05, 0.1) is 11.4 Å². The molecule has 20 heavy (non-hydrogen) atoms. The largest absolute Gasteiger partial charge is 0.390 e. The lowest BCUT2D eigenvalue weighted by Crippen LogP contribution is -2.38. The molecule has 0 aliphatic heterocycles. The van der Waals surface area contributed by atoms with Crippen molar-refractivity contribution in [2.45, 2.75) is 5.92 Å². The molecular formula is C14H13F2NO2S. The van der Waals surface area contributed by atoms with Gasteiger partial charge in [-0.15, -0.1) is 11.3 Å². The summed E-state index contributed by atoms with van der Waals surface area (Å²) in [5.41, 5.74) is 1.56. The molecule has 0 bridgehead atoms. The van der Waals surface area contributed by atoms with Gasteiger partial charge in [-0.3, -0.25) is 4.79 Å². The monoisotopic (exact) mass is 297 g/mol. The van der Waals surface area contributed by atoms with Crippen LogP contribution in [0.5, 0.6) is 0 Å². The number of benzene rings is 1. The van der Waals surface area contributed by atoms with Crippen molar-refractivity contribution in [3.8, 4) is 11.1 Å². The molecule has 6 heteroatoms. The van der Waals surface area contributed by atoms with Gasteiger partial charge in [0.15, 0.2) is 0 Å². The molecule has 0 radical (unpaired) electrons. The number of carbonyl (C=O) groups is 1. The molecule has 2 rings (SSSR count). The number of carbonyl (C=O) groups excluding carboxylic acids is 1. The standard InChI is InChI=1S/C14H13F2NO2S/c15-14(16,9-18)8-17-13(19)12-11(6-7-20-12)10-4-2-1-3-5-10/h1-7,18H,8-9H2,(H,17,19). The fraction of sp³-hybridized carbons (Fsp3) is 0.214. The summed E-state index contributed by atoms with van der Waals surface area (Å²) in [6.07, 6.45) is 0. The second-order valence-electron chi connectivity index (χ2n) is 4.23. The van der Waals surface area contributed by atoms with Crippen molar-refractivity contribution >= 4 is 17.2 Å². The van der Waals surface area contributed by atoms with Crippen molar-refractivity contribution < 1.29 is 18.7 Å². The fourth-order valence-electron chi connectivity index (χ4n) is 1.68. The Hall–Kier alpha value is -1.79. The highest BCUT2D eigenvalue weighted by molar-refractivity contribution is 7.12. The predicted octanol–water partition coefficient (Wildman–Crippen LogP) is 2.77. The van der Waals surface area contributed by atoms with Gasteiger partial charge < -0.3 is 10.4 Å². The van der Waals surface area contributed by atoms with E-state index in [1.54, 1.807) is 11.4 Å². The van der Waals surface area contributed by atoms with Crippen LogP contribution in [-0.2, 0) is 0 Å². The van der Waals surface area contributed by atoms with Gasteiger partial charge >= 0.3 is 0 Å². The molecule has 0 fully saturated rings. The quantitative estimate of drug-likeness (QED) is 0.891. The van der Waals surface area contributed by atoms with Crippen LogP contribution < -0.4 is 5.32 Å². The Morgan fingerprint density at radius 1 is 1.25 bits per heavy atom. The fourth-order valence-corrected chi connectivity index (χ4v) is 2.51. The summed E-state index contributed by atoms with van der Waals surface area (Å²) in [5.74, 6) is -3.87. The molecule has 1 amide bonds. The van der Waals surface area contributed by atoms with Crippen LogP contribution in [0.2, 0.25) is 0 Å². The van der Waals surface area contributed by atoms with Crippen molar-refractivity contribution in [3.63, 3.8) is 0 Å². The number of alkyl halides is 2. The van der Waals surface area contributed by atoms with Crippen molar-refractivity contribution in [1.29, 1.82) is 0 Å². The van der Waals surface area contributed by atoms with Gasteiger partial charge in [-0.25, -0.2) is 8.78 Å². The maximum absolute atomic E-state index is 12.9. The van der Waals surface area contributed by atoms with Crippen LogP contribution in [0.4, 0.5) is 8.78 Å². The van der Waals surface area contributed by atoms with Gasteiger partial charge in [-0.05, 0) is 17.0 Å². The molecule has 0 saturated heterocycles. The first-order valence-corrected chi connectivity index (χ1v) is 6.81. The lowest BCUT2D eigenvalue weighted by Gasteiger charge is -2.14. The number of hydrogen-bond acceptors (Lipinski definition) is 3. The van der Waals surface area contributed by atoms with E-state index in [4.69, 9.17) is 5.11 Å². The second kappa shape index (κ2) is 6.11. The summed E-state index contributed by atoms with van der Waals surface area (Å²) in [4.78, 5) is 12.3. The second-order valence-corrected chi connectivity index (χ2v) is 5.14. The molecule has 2 aromatic rings. The summed E-state index contributed by atoms with van der Waals surface area (Å²) in [5, 5.41) is 12.4. The minimum Gasteiger partial charge on any atom is -0.390 e. The van der Waals surface area contributed by atoms with Crippen molar-refractivity contribution in [2.75, 3.05) is 13.2 Å². The normalized spacial score (nSPS) is 11.3. The first-order valence-electron chi connectivity index (χ1n) is 5.93. The molecule has 0 aliphatic carbocycles. The molecule has 1 heterocycles. The first kappa shape index (κ1) is 14.6. The van der Waals surface area contributed by atoms with Crippen LogP contribution in [0, 0.1) is 0 Å². The van der Waals surface area contributed by atoms with Gasteiger partial charge in [-0.2, -0.15) is 0 Å². The van der Waals surface area contributed by atoms with Crippen LogP contribution in [0.1, 0.15) is 9.67 Å². The third kappa shape index (κ3) is 3.40. The van der Waals surface area contributed by atoms with Crippen molar-refractivity contribution in [3.05, 3.63) is 46.7 Å². The number of hydrogen-bond donors (Lipinski definition) is 2. The van der Waals surface area contributed by atoms with E-state index in [0.29, 0.717) is 10.4 Å². The van der Waals surface area contributed by atoms with Crippen LogP contribution >= 0.6 is 11.3 Å². The third-order valence-electron chi connectivity index (χ3n) is 2.70. The first-order chi connectivity index (χ1) is 9.53. The molecule has 0 saturated carbocycles. The van der Waals surface area contributed by atoms with E-state index in [2.05, 4.69) is 5.32 Å². The van der Waals surface area contributed by atoms with Gasteiger partial charge in [0.1, 0.15) is 6.61 Å². The number of amides is 1. The summed E-state index contributed by atoms with van der Waals surface area (Å²) in [6.45, 7) is -2.17. The Labute approximate surface area is 118 Å². The van der Waals surface area contributed by atoms with Crippen LogP contribution in [0.15, 0.2) is 41.8 Å². The van der Waals surface area contributed by atoms with Gasteiger partial charge in [0.25, 0.3) is 11.8 Å². The van der Waals surface area contributed by atoms with E-state index in [0.717, 1.165) is 5.56 Å². The highest BCUT2D eigenvalue weighted by Gasteiger charge is 2.29. The Bertz CT molecular complexity index is 584. The maximum atomic E-state index is 12.9. The highest BCUT2D eigenvalue weighted by atomic mass is 32.1. The maximum Gasteiger partial charge on any atom is 0.287 e. The SMILES string of the molecule is O=C(NCC(F)(F)CO)c1sccc1-c1ccccc1. The van der Waals surface area contributed by atoms with E-state index < -0.39 is 25.0 Å². The zero-order valence-corrected chi connectivity index (χ0v) is 11.3. The topological polar surface area (TPSA) is 49.3 Å². The summed E-state index contributed by atoms with van der Waals surface area (Å²) in [6, 6.07) is 11.0. The van der Waals surface area contributed by atoms with E-state index in [-0.39, 0.29) is 0 Å². The summed E-state index contributed by atoms with van der Waals surface area (Å²) in [7, 11) is 0. The minimum atomic E-state index is -3.31. The molecule has 0 aliphatic rings. The van der Waals surface area contributed by atoms with E-state index in [1.165, 1.54) is 11.3 Å². The molecule has 0 atom stereocenters. The van der Waals surface area contributed by atoms with E-state index in [1.807, 2.05) is 30.3 Å². The van der Waals surface area contributed by atoms with Crippen LogP contribution in [0.25, 0.3) is 11.1 Å². The zero-order chi connectivity index (χ0) is 14.6. The van der Waals surface area contributed by atoms with Gasteiger partial charge in [0.2, 0.25) is 0 Å². The van der Waals surface area contributed by atoms with Crippen molar-refractivity contribution in [1.82, 2.24) is 5.32 Å². The average Bonchev–Trinajstić information content (AvgIpc) is 2.95. The van der Waals surface area contributed by atoms with Gasteiger partial charge in [0, 0.05) is 5.56 Å². The molecule has 1 aromatic heterocycles. The number of aliphatic hydroxyl groups is 1. The minimum absolute atomic E-state index is 0.380. The molecule has 106 valence electrons. The molecular weight excluding hydrogens is 284 g/mol. The van der Waals surface area contributed by atoms with Crippen molar-refractivity contribution in [2.24, 2.45) is 0 Å². The average molecular weight is 297 g/mol. The number of rotatable bonds is 5. The lowest BCUT2D eigenvalue weighted by molar-refractivity contribution is -0.0461. The highest BCUT2D eigenvalue weighted by Crippen LogP contribution is 2.28. The molecule has 0 unspecified atom stereocenters. The number of thiophene rings is 1. The molecule has 3 nitrogen and oxygen atoms in total. The molecule has 1 aromatic carbocycles. The number of aliphatic hydroxyl groups excluding tert-OH is 1. The summed E-state index contributed by atoms with van der Waals surface area (Å²) < 4.78 is 25.8. The Morgan fingerprint density at radius 2 is 1.95 bits per heavy atom. The third-order valence-corrected chi connectivity index (χ3v) is 3.61. The Kier molecular flexibility index (Phi) is 4.46. The van der Waals surface area contributed by atoms with E-state index >= 15 is 0 Å². The predicted molar refractivity (Wildman–Crippen MR) is 74.1 cm³/mol. The lowest BCUT2D eigenvalue weighted by atomic mass is 10.1. The van der Waals surface area contributed by atoms with Crippen LogP contribution in [-0.4, -0.2) is 30.1 Å². The van der Waals surface area contributed by atoms with Gasteiger partial charge in [-0.1, -0.05) is 30.3 Å². The Balaban J connectivity index is 2.14. The van der Waals surface area contributed by atoms with E-state index in [9.17, 15) is 13.6 Å². The number of nitrogens with one attached hydrogen (secondary N) is 1. The summed E-state index contributed by atoms with van der Waals surface area (Å²) >= 11 is 1.19. The smallest absolute Gasteiger partial charge is 0.287 e. The number of halogens is 2. The molecule has 2 N–H and O–H groups in total. The molecule has 0 spiro atoms. The Morgan fingerprint density at radius 3 is 2.60 bits per heavy atom.